The lowest BCUT2D eigenvalue weighted by molar-refractivity contribution is 0.275. The lowest BCUT2D eigenvalue weighted by Gasteiger charge is -2.17. The van der Waals surface area contributed by atoms with Crippen LogP contribution in [-0.4, -0.2) is 7.11 Å². The summed E-state index contributed by atoms with van der Waals surface area (Å²) in [6.45, 7) is 1.24. The quantitative estimate of drug-likeness (QED) is 0.554. The normalized spacial score (nSPS) is 10.7. The summed E-state index contributed by atoms with van der Waals surface area (Å²) in [6, 6.07) is 14.0. The van der Waals surface area contributed by atoms with E-state index in [9.17, 15) is 4.39 Å². The molecule has 0 spiro atoms. The third-order valence-corrected chi connectivity index (χ3v) is 4.64. The van der Waals surface area contributed by atoms with Crippen molar-refractivity contribution in [3.05, 3.63) is 82.0 Å². The zero-order valence-electron chi connectivity index (χ0n) is 14.3. The molecule has 0 atom stereocenters. The number of furan rings is 1. The largest absolute Gasteiger partial charge is 0.493 e. The van der Waals surface area contributed by atoms with Crippen LogP contribution in [0.5, 0.6) is 11.5 Å². The van der Waals surface area contributed by atoms with Crippen molar-refractivity contribution in [2.75, 3.05) is 7.11 Å². The summed E-state index contributed by atoms with van der Waals surface area (Å²) >= 11 is 3.56. The SMILES string of the molecule is COc1ccc(Br)c(CNCc2ccco2)c1OCc1ccccc1F. The minimum Gasteiger partial charge on any atom is -0.493 e. The molecule has 1 aromatic heterocycles. The number of halogens is 2. The Bertz CT molecular complexity index is 852. The van der Waals surface area contributed by atoms with Crippen molar-refractivity contribution < 1.29 is 18.3 Å². The standard InChI is InChI=1S/C20H19BrFNO3/c1-24-19-9-8-17(21)16(12-23-11-15-6-4-10-25-15)20(19)26-13-14-5-2-3-7-18(14)22/h2-10,23H,11-13H2,1H3. The number of hydrogen-bond acceptors (Lipinski definition) is 4. The number of ether oxygens (including phenoxy) is 2. The highest BCUT2D eigenvalue weighted by Crippen LogP contribution is 2.37. The summed E-state index contributed by atoms with van der Waals surface area (Å²) in [5.74, 6) is 1.73. The van der Waals surface area contributed by atoms with Gasteiger partial charge in [-0.15, -0.1) is 0 Å². The molecule has 0 aliphatic carbocycles. The Hall–Kier alpha value is -2.31. The number of rotatable bonds is 8. The van der Waals surface area contributed by atoms with E-state index in [0.29, 0.717) is 30.2 Å². The molecule has 0 radical (unpaired) electrons. The zero-order valence-corrected chi connectivity index (χ0v) is 15.9. The molecule has 0 saturated heterocycles. The van der Waals surface area contributed by atoms with Gasteiger partial charge in [0, 0.05) is 22.1 Å². The Morgan fingerprint density at radius 2 is 1.92 bits per heavy atom. The summed E-state index contributed by atoms with van der Waals surface area (Å²) in [5, 5.41) is 3.31. The van der Waals surface area contributed by atoms with Gasteiger partial charge in [-0.25, -0.2) is 4.39 Å². The van der Waals surface area contributed by atoms with Crippen LogP contribution in [0.15, 0.2) is 63.7 Å². The third-order valence-electron chi connectivity index (χ3n) is 3.90. The monoisotopic (exact) mass is 419 g/mol. The predicted octanol–water partition coefficient (Wildman–Crippen LogP) is 5.06. The Morgan fingerprint density at radius 3 is 2.65 bits per heavy atom. The molecule has 0 bridgehead atoms. The van der Waals surface area contributed by atoms with Crippen LogP contribution in [0.3, 0.4) is 0 Å². The van der Waals surface area contributed by atoms with Crippen LogP contribution in [0.25, 0.3) is 0 Å². The Labute approximate surface area is 160 Å². The Balaban J connectivity index is 1.77. The second-order valence-electron chi connectivity index (χ2n) is 5.62. The molecule has 26 heavy (non-hydrogen) atoms. The highest BCUT2D eigenvalue weighted by Gasteiger charge is 2.15. The van der Waals surface area contributed by atoms with Crippen LogP contribution in [0.1, 0.15) is 16.9 Å². The number of methoxy groups -OCH3 is 1. The molecular formula is C20H19BrFNO3. The van der Waals surface area contributed by atoms with Crippen LogP contribution in [0.2, 0.25) is 0 Å². The number of hydrogen-bond donors (Lipinski definition) is 1. The van der Waals surface area contributed by atoms with E-state index in [1.165, 1.54) is 6.07 Å². The molecule has 0 amide bonds. The maximum Gasteiger partial charge on any atom is 0.167 e. The molecule has 0 fully saturated rings. The molecule has 4 nitrogen and oxygen atoms in total. The molecule has 0 saturated carbocycles. The van der Waals surface area contributed by atoms with Gasteiger partial charge in [-0.1, -0.05) is 34.1 Å². The Morgan fingerprint density at radius 1 is 1.08 bits per heavy atom. The zero-order chi connectivity index (χ0) is 18.4. The smallest absolute Gasteiger partial charge is 0.167 e. The molecule has 2 aromatic carbocycles. The van der Waals surface area contributed by atoms with Crippen LogP contribution < -0.4 is 14.8 Å². The molecule has 0 unspecified atom stereocenters. The molecule has 3 rings (SSSR count). The van der Waals surface area contributed by atoms with E-state index in [0.717, 1.165) is 15.8 Å². The fourth-order valence-corrected chi connectivity index (χ4v) is 3.01. The second kappa shape index (κ2) is 8.87. The van der Waals surface area contributed by atoms with Gasteiger partial charge in [0.05, 0.1) is 19.9 Å². The van der Waals surface area contributed by atoms with Crippen LogP contribution in [0, 0.1) is 5.82 Å². The average Bonchev–Trinajstić information content (AvgIpc) is 3.16. The van der Waals surface area contributed by atoms with Crippen molar-refractivity contribution in [1.29, 1.82) is 0 Å². The highest BCUT2D eigenvalue weighted by atomic mass is 79.9. The second-order valence-corrected chi connectivity index (χ2v) is 6.47. The van der Waals surface area contributed by atoms with Gasteiger partial charge in [0.15, 0.2) is 11.5 Å². The Kier molecular flexibility index (Phi) is 6.30. The molecule has 136 valence electrons. The lowest BCUT2D eigenvalue weighted by atomic mass is 10.1. The topological polar surface area (TPSA) is 43.6 Å². The summed E-state index contributed by atoms with van der Waals surface area (Å²) in [5.41, 5.74) is 1.39. The first-order valence-corrected chi connectivity index (χ1v) is 8.93. The van der Waals surface area contributed by atoms with Gasteiger partial charge >= 0.3 is 0 Å². The third kappa shape index (κ3) is 4.45. The summed E-state index contributed by atoms with van der Waals surface area (Å²) in [6.07, 6.45) is 1.64. The molecule has 1 heterocycles. The van der Waals surface area contributed by atoms with E-state index in [1.54, 1.807) is 31.6 Å². The van der Waals surface area contributed by atoms with E-state index in [-0.39, 0.29) is 12.4 Å². The van der Waals surface area contributed by atoms with E-state index in [2.05, 4.69) is 21.2 Å². The first-order chi connectivity index (χ1) is 12.7. The molecule has 3 aromatic rings. The van der Waals surface area contributed by atoms with E-state index in [1.807, 2.05) is 24.3 Å². The van der Waals surface area contributed by atoms with Crippen molar-refractivity contribution in [3.8, 4) is 11.5 Å². The summed E-state index contributed by atoms with van der Waals surface area (Å²) in [7, 11) is 1.58. The van der Waals surface area contributed by atoms with Crippen LogP contribution >= 0.6 is 15.9 Å². The molecule has 6 heteroatoms. The first-order valence-electron chi connectivity index (χ1n) is 8.13. The van der Waals surface area contributed by atoms with Crippen molar-refractivity contribution in [2.24, 2.45) is 0 Å². The summed E-state index contributed by atoms with van der Waals surface area (Å²) in [4.78, 5) is 0. The van der Waals surface area contributed by atoms with Crippen LogP contribution in [-0.2, 0) is 19.7 Å². The van der Waals surface area contributed by atoms with E-state index < -0.39 is 0 Å². The number of nitrogens with one attached hydrogen (secondary N) is 1. The first kappa shape index (κ1) is 18.5. The fourth-order valence-electron chi connectivity index (χ4n) is 2.56. The molecule has 0 aliphatic heterocycles. The van der Waals surface area contributed by atoms with Crippen molar-refractivity contribution >= 4 is 15.9 Å². The number of benzene rings is 2. The van der Waals surface area contributed by atoms with Gasteiger partial charge in [-0.05, 0) is 30.3 Å². The van der Waals surface area contributed by atoms with E-state index >= 15 is 0 Å². The van der Waals surface area contributed by atoms with Crippen molar-refractivity contribution in [2.45, 2.75) is 19.7 Å². The van der Waals surface area contributed by atoms with Crippen molar-refractivity contribution in [1.82, 2.24) is 5.32 Å². The predicted molar refractivity (Wildman–Crippen MR) is 101 cm³/mol. The minimum atomic E-state index is -0.293. The molecule has 0 aliphatic rings. The van der Waals surface area contributed by atoms with Crippen molar-refractivity contribution in [3.63, 3.8) is 0 Å². The van der Waals surface area contributed by atoms with Gasteiger partial charge in [-0.3, -0.25) is 0 Å². The average molecular weight is 420 g/mol. The fraction of sp³-hybridized carbons (Fsp3) is 0.200. The van der Waals surface area contributed by atoms with Gasteiger partial charge in [0.25, 0.3) is 0 Å². The maximum atomic E-state index is 13.9. The highest BCUT2D eigenvalue weighted by molar-refractivity contribution is 9.10. The van der Waals surface area contributed by atoms with Gasteiger partial charge in [-0.2, -0.15) is 0 Å². The van der Waals surface area contributed by atoms with E-state index in [4.69, 9.17) is 13.9 Å². The van der Waals surface area contributed by atoms with Gasteiger partial charge < -0.3 is 19.2 Å². The molecular weight excluding hydrogens is 401 g/mol. The van der Waals surface area contributed by atoms with Gasteiger partial charge in [0.2, 0.25) is 0 Å². The lowest BCUT2D eigenvalue weighted by Crippen LogP contribution is -2.14. The minimum absolute atomic E-state index is 0.116. The summed E-state index contributed by atoms with van der Waals surface area (Å²) < 4.78 is 31.4. The molecule has 1 N–H and O–H groups in total. The van der Waals surface area contributed by atoms with Crippen LogP contribution in [0.4, 0.5) is 4.39 Å². The maximum absolute atomic E-state index is 13.9. The van der Waals surface area contributed by atoms with Gasteiger partial charge in [0.1, 0.15) is 18.2 Å².